The Bertz CT molecular complexity index is 451. The van der Waals surface area contributed by atoms with Crippen molar-refractivity contribution < 1.29 is 19.4 Å². The Morgan fingerprint density at radius 2 is 1.68 bits per heavy atom. The predicted octanol–water partition coefficient (Wildman–Crippen LogP) is 4.19. The second-order valence-corrected chi connectivity index (χ2v) is 8.40. The molecule has 126 valence electrons. The van der Waals surface area contributed by atoms with Crippen LogP contribution in [0.3, 0.4) is 0 Å². The zero-order valence-electron chi connectivity index (χ0n) is 14.7. The van der Waals surface area contributed by atoms with Crippen molar-refractivity contribution >= 4 is 11.9 Å². The molecular weight excluding hydrogens is 280 g/mol. The quantitative estimate of drug-likeness (QED) is 0.627. The van der Waals surface area contributed by atoms with Crippen LogP contribution in [0, 0.1) is 16.7 Å². The molecule has 1 aliphatic rings. The van der Waals surface area contributed by atoms with E-state index < -0.39 is 17.5 Å². The number of hydrogen-bond donors (Lipinski definition) is 1. The average molecular weight is 310 g/mol. The van der Waals surface area contributed by atoms with Crippen LogP contribution < -0.4 is 0 Å². The van der Waals surface area contributed by atoms with Gasteiger partial charge in [-0.05, 0) is 24.7 Å². The predicted molar refractivity (Wildman–Crippen MR) is 86.5 cm³/mol. The van der Waals surface area contributed by atoms with E-state index in [2.05, 4.69) is 41.5 Å². The summed E-state index contributed by atoms with van der Waals surface area (Å²) in [4.78, 5) is 22.8. The minimum absolute atomic E-state index is 0.0183. The van der Waals surface area contributed by atoms with E-state index in [0.29, 0.717) is 0 Å². The SMILES string of the molecule is CC(C)(C)C1CCCCC1(OC(=O)/C=C/C(=O)O)C(C)(C)C. The molecular formula is C18H30O4. The number of rotatable bonds is 3. The van der Waals surface area contributed by atoms with Crippen LogP contribution in [0.5, 0.6) is 0 Å². The maximum atomic E-state index is 12.2. The number of carboxylic acid groups (broad SMARTS) is 1. The van der Waals surface area contributed by atoms with Gasteiger partial charge in [-0.25, -0.2) is 9.59 Å². The first kappa shape index (κ1) is 18.7. The number of ether oxygens (including phenoxy) is 1. The van der Waals surface area contributed by atoms with Gasteiger partial charge in [0.25, 0.3) is 0 Å². The largest absolute Gasteiger partial charge is 0.478 e. The first-order chi connectivity index (χ1) is 9.90. The Hall–Kier alpha value is -1.32. The van der Waals surface area contributed by atoms with Crippen LogP contribution in [-0.2, 0) is 14.3 Å². The van der Waals surface area contributed by atoms with Crippen molar-refractivity contribution in [3.63, 3.8) is 0 Å². The average Bonchev–Trinajstić information content (AvgIpc) is 2.34. The molecule has 1 N–H and O–H groups in total. The van der Waals surface area contributed by atoms with E-state index in [0.717, 1.165) is 37.8 Å². The van der Waals surface area contributed by atoms with E-state index in [-0.39, 0.29) is 16.7 Å². The van der Waals surface area contributed by atoms with E-state index >= 15 is 0 Å². The van der Waals surface area contributed by atoms with Gasteiger partial charge in [0.05, 0.1) is 0 Å². The number of carbonyl (C=O) groups excluding carboxylic acids is 1. The van der Waals surface area contributed by atoms with Gasteiger partial charge in [-0.15, -0.1) is 0 Å². The summed E-state index contributed by atoms with van der Waals surface area (Å²) in [7, 11) is 0. The molecule has 0 heterocycles. The lowest BCUT2D eigenvalue weighted by atomic mass is 9.55. The van der Waals surface area contributed by atoms with Gasteiger partial charge in [0, 0.05) is 23.5 Å². The highest BCUT2D eigenvalue weighted by atomic mass is 16.6. The zero-order valence-corrected chi connectivity index (χ0v) is 14.7. The molecule has 2 unspecified atom stereocenters. The standard InChI is InChI=1S/C18H30O4/c1-16(2,3)13-9-7-8-12-18(13,17(4,5)6)22-15(21)11-10-14(19)20/h10-11,13H,7-9,12H2,1-6H3,(H,19,20)/b11-10+. The van der Waals surface area contributed by atoms with Crippen molar-refractivity contribution in [2.45, 2.75) is 72.8 Å². The molecule has 0 spiro atoms. The molecule has 1 aliphatic carbocycles. The lowest BCUT2D eigenvalue weighted by molar-refractivity contribution is -0.200. The van der Waals surface area contributed by atoms with Gasteiger partial charge < -0.3 is 9.84 Å². The molecule has 22 heavy (non-hydrogen) atoms. The fraction of sp³-hybridized carbons (Fsp3) is 0.778. The number of esters is 1. The van der Waals surface area contributed by atoms with Gasteiger partial charge in [-0.1, -0.05) is 48.0 Å². The third-order valence-corrected chi connectivity index (χ3v) is 4.81. The van der Waals surface area contributed by atoms with Gasteiger partial charge in [-0.3, -0.25) is 0 Å². The zero-order chi connectivity index (χ0) is 17.2. The summed E-state index contributed by atoms with van der Waals surface area (Å²) in [5.74, 6) is -1.46. The maximum Gasteiger partial charge on any atom is 0.331 e. The lowest BCUT2D eigenvalue weighted by Gasteiger charge is -2.55. The highest BCUT2D eigenvalue weighted by Crippen LogP contribution is 2.54. The Morgan fingerprint density at radius 1 is 1.09 bits per heavy atom. The summed E-state index contributed by atoms with van der Waals surface area (Å²) in [5.41, 5.74) is -0.758. The maximum absolute atomic E-state index is 12.2. The lowest BCUT2D eigenvalue weighted by Crippen LogP contribution is -2.57. The Morgan fingerprint density at radius 3 is 2.14 bits per heavy atom. The monoisotopic (exact) mass is 310 g/mol. The van der Waals surface area contributed by atoms with E-state index in [1.165, 1.54) is 0 Å². The summed E-state index contributed by atoms with van der Waals surface area (Å²) in [5, 5.41) is 8.68. The molecule has 1 fully saturated rings. The molecule has 0 saturated heterocycles. The van der Waals surface area contributed by atoms with Crippen LogP contribution in [0.2, 0.25) is 0 Å². The minimum atomic E-state index is -1.14. The third-order valence-electron chi connectivity index (χ3n) is 4.81. The second kappa shape index (κ2) is 6.43. The van der Waals surface area contributed by atoms with Crippen LogP contribution in [0.1, 0.15) is 67.2 Å². The molecule has 0 aromatic carbocycles. The van der Waals surface area contributed by atoms with Gasteiger partial charge in [0.1, 0.15) is 5.60 Å². The van der Waals surface area contributed by atoms with Gasteiger partial charge in [0.2, 0.25) is 0 Å². The topological polar surface area (TPSA) is 63.6 Å². The Kier molecular flexibility index (Phi) is 5.47. The van der Waals surface area contributed by atoms with Gasteiger partial charge >= 0.3 is 11.9 Å². The van der Waals surface area contributed by atoms with Crippen molar-refractivity contribution in [1.29, 1.82) is 0 Å². The van der Waals surface area contributed by atoms with Crippen LogP contribution in [0.4, 0.5) is 0 Å². The number of carboxylic acids is 1. The van der Waals surface area contributed by atoms with Crippen molar-refractivity contribution in [1.82, 2.24) is 0 Å². The second-order valence-electron chi connectivity index (χ2n) is 8.40. The molecule has 0 radical (unpaired) electrons. The highest BCUT2D eigenvalue weighted by Gasteiger charge is 2.55. The summed E-state index contributed by atoms with van der Waals surface area (Å²) in [6.45, 7) is 12.9. The van der Waals surface area contributed by atoms with Crippen molar-refractivity contribution in [2.24, 2.45) is 16.7 Å². The first-order valence-electron chi connectivity index (χ1n) is 8.04. The summed E-state index contributed by atoms with van der Waals surface area (Å²) < 4.78 is 5.94. The van der Waals surface area contributed by atoms with E-state index in [1.807, 2.05) is 0 Å². The van der Waals surface area contributed by atoms with E-state index in [9.17, 15) is 9.59 Å². The summed E-state index contributed by atoms with van der Waals surface area (Å²) in [6, 6.07) is 0. The van der Waals surface area contributed by atoms with Crippen LogP contribution in [-0.4, -0.2) is 22.6 Å². The molecule has 0 aliphatic heterocycles. The molecule has 2 atom stereocenters. The molecule has 1 rings (SSSR count). The molecule has 0 aromatic rings. The van der Waals surface area contributed by atoms with Crippen molar-refractivity contribution in [3.05, 3.63) is 12.2 Å². The van der Waals surface area contributed by atoms with Crippen molar-refractivity contribution in [3.8, 4) is 0 Å². The minimum Gasteiger partial charge on any atom is -0.478 e. The van der Waals surface area contributed by atoms with Crippen molar-refractivity contribution in [2.75, 3.05) is 0 Å². The van der Waals surface area contributed by atoms with Gasteiger partial charge in [0.15, 0.2) is 0 Å². The highest BCUT2D eigenvalue weighted by molar-refractivity contribution is 5.91. The Labute approximate surface area is 133 Å². The van der Waals surface area contributed by atoms with E-state index in [4.69, 9.17) is 9.84 Å². The molecule has 4 nitrogen and oxygen atoms in total. The Balaban J connectivity index is 3.19. The smallest absolute Gasteiger partial charge is 0.331 e. The summed E-state index contributed by atoms with van der Waals surface area (Å²) >= 11 is 0. The number of aliphatic carboxylic acids is 1. The molecule has 0 bridgehead atoms. The fourth-order valence-corrected chi connectivity index (χ4v) is 3.80. The third kappa shape index (κ3) is 4.11. The van der Waals surface area contributed by atoms with Crippen LogP contribution in [0.15, 0.2) is 12.2 Å². The number of carbonyl (C=O) groups is 2. The van der Waals surface area contributed by atoms with Gasteiger partial charge in [-0.2, -0.15) is 0 Å². The number of hydrogen-bond acceptors (Lipinski definition) is 3. The molecule has 0 aromatic heterocycles. The summed E-state index contributed by atoms with van der Waals surface area (Å²) in [6.07, 6.45) is 5.88. The van der Waals surface area contributed by atoms with E-state index in [1.54, 1.807) is 0 Å². The molecule has 4 heteroatoms. The fourth-order valence-electron chi connectivity index (χ4n) is 3.80. The van der Waals surface area contributed by atoms with Crippen LogP contribution >= 0.6 is 0 Å². The molecule has 1 saturated carbocycles. The first-order valence-corrected chi connectivity index (χ1v) is 8.04. The molecule has 0 amide bonds. The van der Waals surface area contributed by atoms with Crippen LogP contribution in [0.25, 0.3) is 0 Å². The normalized spacial score (nSPS) is 26.9.